The number of rotatable bonds is 1. The maximum Gasteiger partial charge on any atom is 0.204 e. The lowest BCUT2D eigenvalue weighted by atomic mass is 10.0. The molecule has 0 N–H and O–H groups in total. The molecule has 0 amide bonds. The van der Waals surface area contributed by atoms with E-state index in [1.165, 1.54) is 0 Å². The highest BCUT2D eigenvalue weighted by Gasteiger charge is 2.14. The summed E-state index contributed by atoms with van der Waals surface area (Å²) in [5.41, 5.74) is 2.32. The van der Waals surface area contributed by atoms with E-state index < -0.39 is 0 Å². The summed E-state index contributed by atoms with van der Waals surface area (Å²) in [5, 5.41) is 6.58. The van der Waals surface area contributed by atoms with Crippen molar-refractivity contribution in [2.24, 2.45) is 7.05 Å². The Kier molecular flexibility index (Phi) is 2.73. The maximum absolute atomic E-state index is 7.46. The minimum absolute atomic E-state index is 0.614. The number of benzene rings is 2. The van der Waals surface area contributed by atoms with Crippen molar-refractivity contribution >= 4 is 28.1 Å². The molecule has 0 aliphatic heterocycles. The zero-order chi connectivity index (χ0) is 13.4. The summed E-state index contributed by atoms with van der Waals surface area (Å²) in [6.45, 7) is 7.46. The fourth-order valence-electron chi connectivity index (χ4n) is 2.27. The molecule has 0 unspecified atom stereocenters. The van der Waals surface area contributed by atoms with Gasteiger partial charge < -0.3 is 0 Å². The van der Waals surface area contributed by atoms with Crippen LogP contribution in [-0.4, -0.2) is 9.78 Å². The number of aryl methyl sites for hydroxylation is 1. The fourth-order valence-corrected chi connectivity index (χ4v) is 2.54. The van der Waals surface area contributed by atoms with Crippen LogP contribution in [0, 0.1) is 6.57 Å². The third-order valence-corrected chi connectivity index (χ3v) is 3.49. The van der Waals surface area contributed by atoms with Crippen LogP contribution >= 0.6 is 11.6 Å². The Morgan fingerprint density at radius 1 is 1.21 bits per heavy atom. The third-order valence-electron chi connectivity index (χ3n) is 3.17. The van der Waals surface area contributed by atoms with Crippen LogP contribution in [0.15, 0.2) is 42.6 Å². The van der Waals surface area contributed by atoms with Crippen molar-refractivity contribution in [3.8, 4) is 11.3 Å². The first-order valence-electron chi connectivity index (χ1n) is 5.79. The van der Waals surface area contributed by atoms with Crippen molar-refractivity contribution in [3.05, 3.63) is 59.0 Å². The van der Waals surface area contributed by atoms with Crippen LogP contribution < -0.4 is 0 Å². The molecule has 0 spiro atoms. The molecule has 3 nitrogen and oxygen atoms in total. The van der Waals surface area contributed by atoms with E-state index in [4.69, 9.17) is 18.2 Å². The van der Waals surface area contributed by atoms with Crippen molar-refractivity contribution < 1.29 is 0 Å². The van der Waals surface area contributed by atoms with Gasteiger partial charge in [-0.05, 0) is 22.9 Å². The van der Waals surface area contributed by atoms with Gasteiger partial charge in [0.2, 0.25) is 5.69 Å². The lowest BCUT2D eigenvalue weighted by molar-refractivity contribution is 0.776. The Labute approximate surface area is 115 Å². The van der Waals surface area contributed by atoms with Crippen LogP contribution in [0.2, 0.25) is 5.02 Å². The van der Waals surface area contributed by atoms with Crippen molar-refractivity contribution in [1.29, 1.82) is 0 Å². The molecular weight excluding hydrogens is 258 g/mol. The maximum atomic E-state index is 7.46. The van der Waals surface area contributed by atoms with E-state index in [1.54, 1.807) is 10.9 Å². The number of hydrogen-bond acceptors (Lipinski definition) is 1. The first kappa shape index (κ1) is 11.8. The molecule has 0 saturated carbocycles. The Bertz CT molecular complexity index is 812. The van der Waals surface area contributed by atoms with Gasteiger partial charge in [0.1, 0.15) is 0 Å². The normalized spacial score (nSPS) is 10.6. The second-order valence-corrected chi connectivity index (χ2v) is 4.66. The molecule has 0 bridgehead atoms. The predicted molar refractivity (Wildman–Crippen MR) is 77.4 cm³/mol. The minimum atomic E-state index is 0.614. The predicted octanol–water partition coefficient (Wildman–Crippen LogP) is 4.44. The van der Waals surface area contributed by atoms with Gasteiger partial charge in [-0.3, -0.25) is 4.68 Å². The molecular formula is C15H10ClN3. The van der Waals surface area contributed by atoms with Gasteiger partial charge in [-0.25, -0.2) is 4.85 Å². The highest BCUT2D eigenvalue weighted by atomic mass is 35.5. The number of hydrogen-bond donors (Lipinski definition) is 0. The smallest absolute Gasteiger partial charge is 0.204 e. The monoisotopic (exact) mass is 267 g/mol. The van der Waals surface area contributed by atoms with Gasteiger partial charge in [-0.15, -0.1) is 0 Å². The molecule has 0 fully saturated rings. The number of halogens is 1. The molecule has 1 heterocycles. The van der Waals surface area contributed by atoms with Gasteiger partial charge in [-0.1, -0.05) is 35.9 Å². The van der Waals surface area contributed by atoms with Crippen LogP contribution in [0.4, 0.5) is 5.69 Å². The molecule has 3 aromatic rings. The molecule has 0 saturated heterocycles. The highest BCUT2D eigenvalue weighted by molar-refractivity contribution is 6.36. The molecule has 2 aromatic carbocycles. The summed E-state index contributed by atoms with van der Waals surface area (Å²) in [5.74, 6) is 0. The van der Waals surface area contributed by atoms with E-state index in [1.807, 2.05) is 43.4 Å². The molecule has 19 heavy (non-hydrogen) atoms. The standard InChI is InChI=1S/C15H10ClN3/c1-17-15-11-6-4-3-5-10(11)13(16)9-12(15)14-7-8-18-19(14)2/h3-9H,2H3. The van der Waals surface area contributed by atoms with E-state index >= 15 is 0 Å². The van der Waals surface area contributed by atoms with Gasteiger partial charge in [0.05, 0.1) is 12.3 Å². The second-order valence-electron chi connectivity index (χ2n) is 4.25. The summed E-state index contributed by atoms with van der Waals surface area (Å²) >= 11 is 6.33. The van der Waals surface area contributed by atoms with Gasteiger partial charge in [0.15, 0.2) is 0 Å². The fraction of sp³-hybridized carbons (Fsp3) is 0.0667. The Morgan fingerprint density at radius 2 is 1.95 bits per heavy atom. The lowest BCUT2D eigenvalue weighted by Crippen LogP contribution is -1.93. The average Bonchev–Trinajstić information content (AvgIpc) is 2.85. The van der Waals surface area contributed by atoms with Crippen LogP contribution in [0.25, 0.3) is 26.9 Å². The van der Waals surface area contributed by atoms with Gasteiger partial charge >= 0.3 is 0 Å². The van der Waals surface area contributed by atoms with Crippen LogP contribution in [0.3, 0.4) is 0 Å². The second kappa shape index (κ2) is 4.42. The number of aromatic nitrogens is 2. The Hall–Kier alpha value is -2.31. The first-order valence-corrected chi connectivity index (χ1v) is 6.17. The van der Waals surface area contributed by atoms with E-state index in [-0.39, 0.29) is 0 Å². The third kappa shape index (κ3) is 1.78. The topological polar surface area (TPSA) is 22.2 Å². The average molecular weight is 268 g/mol. The molecule has 1 aromatic heterocycles. The quantitative estimate of drug-likeness (QED) is 0.597. The number of fused-ring (bicyclic) bond motifs is 1. The number of nitrogens with zero attached hydrogens (tertiary/aromatic N) is 3. The molecule has 0 aliphatic carbocycles. The SMILES string of the molecule is [C-]#[N+]c1c(-c2ccnn2C)cc(Cl)c2ccccc12. The van der Waals surface area contributed by atoms with E-state index in [0.717, 1.165) is 22.0 Å². The summed E-state index contributed by atoms with van der Waals surface area (Å²) in [6.07, 6.45) is 1.71. The summed E-state index contributed by atoms with van der Waals surface area (Å²) in [7, 11) is 1.85. The van der Waals surface area contributed by atoms with Crippen LogP contribution in [-0.2, 0) is 7.05 Å². The highest BCUT2D eigenvalue weighted by Crippen LogP contribution is 2.40. The van der Waals surface area contributed by atoms with Crippen molar-refractivity contribution in [2.45, 2.75) is 0 Å². The lowest BCUT2D eigenvalue weighted by Gasteiger charge is -2.10. The molecule has 0 radical (unpaired) electrons. The van der Waals surface area contributed by atoms with E-state index in [0.29, 0.717) is 10.7 Å². The van der Waals surface area contributed by atoms with E-state index in [2.05, 4.69) is 9.94 Å². The molecule has 0 atom stereocenters. The van der Waals surface area contributed by atoms with Crippen molar-refractivity contribution in [1.82, 2.24) is 9.78 Å². The summed E-state index contributed by atoms with van der Waals surface area (Å²) < 4.78 is 1.75. The summed E-state index contributed by atoms with van der Waals surface area (Å²) in [4.78, 5) is 3.69. The zero-order valence-electron chi connectivity index (χ0n) is 10.3. The zero-order valence-corrected chi connectivity index (χ0v) is 11.0. The Morgan fingerprint density at radius 3 is 2.58 bits per heavy atom. The molecule has 3 rings (SSSR count). The van der Waals surface area contributed by atoms with Gasteiger partial charge in [0, 0.05) is 23.8 Å². The molecule has 0 aliphatic rings. The van der Waals surface area contributed by atoms with Crippen molar-refractivity contribution in [2.75, 3.05) is 0 Å². The molecule has 4 heteroatoms. The Balaban J connectivity index is 2.45. The van der Waals surface area contributed by atoms with Gasteiger partial charge in [-0.2, -0.15) is 5.10 Å². The van der Waals surface area contributed by atoms with E-state index in [9.17, 15) is 0 Å². The first-order chi connectivity index (χ1) is 9.22. The minimum Gasteiger partial charge on any atom is -0.269 e. The van der Waals surface area contributed by atoms with Crippen LogP contribution in [0.1, 0.15) is 0 Å². The van der Waals surface area contributed by atoms with Gasteiger partial charge in [0.25, 0.3) is 0 Å². The van der Waals surface area contributed by atoms with Crippen LogP contribution in [0.5, 0.6) is 0 Å². The van der Waals surface area contributed by atoms with Crippen molar-refractivity contribution in [3.63, 3.8) is 0 Å². The summed E-state index contributed by atoms with van der Waals surface area (Å²) in [6, 6.07) is 11.4. The molecule has 92 valence electrons. The largest absolute Gasteiger partial charge is 0.269 e.